The average Bonchev–Trinajstić information content (AvgIpc) is 3.23. The van der Waals surface area contributed by atoms with Crippen LogP contribution in [0.4, 0.5) is 5.82 Å². The van der Waals surface area contributed by atoms with Gasteiger partial charge in [0, 0.05) is 29.6 Å². The van der Waals surface area contributed by atoms with E-state index in [1.807, 2.05) is 48.7 Å². The lowest BCUT2D eigenvalue weighted by atomic mass is 10.1. The fourth-order valence-corrected chi connectivity index (χ4v) is 3.86. The first-order valence-corrected chi connectivity index (χ1v) is 10.3. The first-order chi connectivity index (χ1) is 14.8. The standard InChI is InChI=1S/C23H24N6O/c30-15-19-6-4-16(12-25-19)17-5-7-23-26-13-21(29(23)14-17)20-2-1-3-22(28-20)27-18-8-10-24-11-9-18/h1-7,12-14,18,24,30H,8-11,15H2,(H,27,28). The van der Waals surface area contributed by atoms with Crippen LogP contribution in [0.5, 0.6) is 0 Å². The molecule has 1 aliphatic rings. The van der Waals surface area contributed by atoms with Crippen molar-refractivity contribution in [2.24, 2.45) is 0 Å². The molecule has 0 bridgehead atoms. The van der Waals surface area contributed by atoms with Crippen LogP contribution in [0.1, 0.15) is 18.5 Å². The summed E-state index contributed by atoms with van der Waals surface area (Å²) in [6, 6.07) is 14.4. The smallest absolute Gasteiger partial charge is 0.137 e. The summed E-state index contributed by atoms with van der Waals surface area (Å²) in [5.41, 5.74) is 5.37. The van der Waals surface area contributed by atoms with Gasteiger partial charge in [-0.25, -0.2) is 9.97 Å². The molecule has 0 amide bonds. The first kappa shape index (κ1) is 18.7. The van der Waals surface area contributed by atoms with Crippen molar-refractivity contribution in [1.29, 1.82) is 0 Å². The third-order valence-electron chi connectivity index (χ3n) is 5.53. The van der Waals surface area contributed by atoms with Gasteiger partial charge in [0.05, 0.1) is 29.9 Å². The second-order valence-electron chi connectivity index (χ2n) is 7.56. The van der Waals surface area contributed by atoms with Gasteiger partial charge in [-0.1, -0.05) is 12.1 Å². The molecule has 4 aromatic heterocycles. The van der Waals surface area contributed by atoms with Gasteiger partial charge in [-0.3, -0.25) is 9.38 Å². The molecule has 7 heteroatoms. The molecule has 0 spiro atoms. The molecule has 1 fully saturated rings. The van der Waals surface area contributed by atoms with Crippen molar-refractivity contribution in [2.45, 2.75) is 25.5 Å². The van der Waals surface area contributed by atoms with E-state index in [9.17, 15) is 5.11 Å². The fraction of sp³-hybridized carbons (Fsp3) is 0.261. The summed E-state index contributed by atoms with van der Waals surface area (Å²) in [7, 11) is 0. The number of aromatic nitrogens is 4. The number of imidazole rings is 1. The maximum atomic E-state index is 9.21. The van der Waals surface area contributed by atoms with E-state index in [0.29, 0.717) is 11.7 Å². The second-order valence-corrected chi connectivity index (χ2v) is 7.56. The highest BCUT2D eigenvalue weighted by Gasteiger charge is 2.14. The van der Waals surface area contributed by atoms with Crippen LogP contribution in [0, 0.1) is 0 Å². The Labute approximate surface area is 174 Å². The monoisotopic (exact) mass is 400 g/mol. The Morgan fingerprint density at radius 1 is 1.00 bits per heavy atom. The van der Waals surface area contributed by atoms with Crippen LogP contribution in [0.25, 0.3) is 28.2 Å². The Bertz CT molecular complexity index is 1150. The topological polar surface area (TPSA) is 87.4 Å². The SMILES string of the molecule is OCc1ccc(-c2ccc3ncc(-c4cccc(NC5CCNCC5)n4)n3c2)cn1. The predicted octanol–water partition coefficient (Wildman–Crippen LogP) is 3.11. The predicted molar refractivity (Wildman–Crippen MR) is 117 cm³/mol. The van der Waals surface area contributed by atoms with Crippen molar-refractivity contribution in [2.75, 3.05) is 18.4 Å². The minimum Gasteiger partial charge on any atom is -0.390 e. The maximum Gasteiger partial charge on any atom is 0.137 e. The quantitative estimate of drug-likeness (QED) is 0.477. The van der Waals surface area contributed by atoms with Crippen LogP contribution in [-0.4, -0.2) is 43.6 Å². The lowest BCUT2D eigenvalue weighted by Crippen LogP contribution is -2.35. The lowest BCUT2D eigenvalue weighted by molar-refractivity contribution is 0.277. The molecule has 7 nitrogen and oxygen atoms in total. The van der Waals surface area contributed by atoms with Gasteiger partial charge in [-0.2, -0.15) is 0 Å². The number of piperidine rings is 1. The van der Waals surface area contributed by atoms with Crippen molar-refractivity contribution >= 4 is 11.5 Å². The van der Waals surface area contributed by atoms with Gasteiger partial charge in [0.1, 0.15) is 11.5 Å². The van der Waals surface area contributed by atoms with E-state index in [4.69, 9.17) is 4.98 Å². The molecule has 152 valence electrons. The molecular weight excluding hydrogens is 376 g/mol. The number of anilines is 1. The Kier molecular flexibility index (Phi) is 5.13. The van der Waals surface area contributed by atoms with Crippen molar-refractivity contribution in [3.8, 4) is 22.5 Å². The van der Waals surface area contributed by atoms with E-state index >= 15 is 0 Å². The van der Waals surface area contributed by atoms with Crippen LogP contribution in [0.3, 0.4) is 0 Å². The number of rotatable bonds is 5. The summed E-state index contributed by atoms with van der Waals surface area (Å²) in [5, 5.41) is 16.2. The highest BCUT2D eigenvalue weighted by molar-refractivity contribution is 5.68. The molecule has 5 rings (SSSR count). The summed E-state index contributed by atoms with van der Waals surface area (Å²) in [6.45, 7) is 2.03. The van der Waals surface area contributed by atoms with E-state index < -0.39 is 0 Å². The minimum atomic E-state index is -0.0571. The Morgan fingerprint density at radius 2 is 1.87 bits per heavy atom. The number of hydrogen-bond donors (Lipinski definition) is 3. The molecule has 4 aromatic rings. The minimum absolute atomic E-state index is 0.0571. The molecule has 0 unspecified atom stereocenters. The van der Waals surface area contributed by atoms with E-state index in [0.717, 1.165) is 59.9 Å². The first-order valence-electron chi connectivity index (χ1n) is 10.3. The number of pyridine rings is 3. The highest BCUT2D eigenvalue weighted by Crippen LogP contribution is 2.25. The van der Waals surface area contributed by atoms with Crippen molar-refractivity contribution in [3.05, 3.63) is 66.7 Å². The normalized spacial score (nSPS) is 14.8. The van der Waals surface area contributed by atoms with Crippen molar-refractivity contribution in [1.82, 2.24) is 24.7 Å². The molecule has 1 saturated heterocycles. The lowest BCUT2D eigenvalue weighted by Gasteiger charge is -2.24. The van der Waals surface area contributed by atoms with E-state index in [-0.39, 0.29) is 6.61 Å². The van der Waals surface area contributed by atoms with Crippen LogP contribution in [0.15, 0.2) is 61.1 Å². The summed E-state index contributed by atoms with van der Waals surface area (Å²) in [5.74, 6) is 0.897. The molecule has 0 aliphatic carbocycles. The van der Waals surface area contributed by atoms with Crippen molar-refractivity contribution in [3.63, 3.8) is 0 Å². The maximum absolute atomic E-state index is 9.21. The van der Waals surface area contributed by atoms with Gasteiger partial charge in [-0.05, 0) is 56.3 Å². The number of fused-ring (bicyclic) bond motifs is 1. The van der Waals surface area contributed by atoms with Crippen LogP contribution in [-0.2, 0) is 6.61 Å². The Hall–Kier alpha value is -3.29. The van der Waals surface area contributed by atoms with Gasteiger partial charge >= 0.3 is 0 Å². The summed E-state index contributed by atoms with van der Waals surface area (Å²) in [6.07, 6.45) is 7.91. The molecule has 0 aromatic carbocycles. The summed E-state index contributed by atoms with van der Waals surface area (Å²) in [4.78, 5) is 13.7. The number of nitrogens with zero attached hydrogens (tertiary/aromatic N) is 4. The number of aliphatic hydroxyl groups is 1. The molecule has 1 aliphatic heterocycles. The largest absolute Gasteiger partial charge is 0.390 e. The second kappa shape index (κ2) is 8.22. The van der Waals surface area contributed by atoms with Crippen LogP contribution < -0.4 is 10.6 Å². The molecule has 0 saturated carbocycles. The molecule has 3 N–H and O–H groups in total. The fourth-order valence-electron chi connectivity index (χ4n) is 3.86. The van der Waals surface area contributed by atoms with Gasteiger partial charge in [0.25, 0.3) is 0 Å². The molecule has 5 heterocycles. The van der Waals surface area contributed by atoms with Crippen LogP contribution in [0.2, 0.25) is 0 Å². The zero-order valence-electron chi connectivity index (χ0n) is 16.6. The molecule has 0 atom stereocenters. The summed E-state index contributed by atoms with van der Waals surface area (Å²) >= 11 is 0. The third kappa shape index (κ3) is 3.77. The average molecular weight is 400 g/mol. The summed E-state index contributed by atoms with van der Waals surface area (Å²) < 4.78 is 2.06. The van der Waals surface area contributed by atoms with Gasteiger partial charge in [-0.15, -0.1) is 0 Å². The number of aliphatic hydroxyl groups excluding tert-OH is 1. The number of nitrogens with one attached hydrogen (secondary N) is 2. The zero-order valence-corrected chi connectivity index (χ0v) is 16.6. The van der Waals surface area contributed by atoms with Crippen molar-refractivity contribution < 1.29 is 5.11 Å². The Morgan fingerprint density at radius 3 is 2.67 bits per heavy atom. The Balaban J connectivity index is 1.47. The van der Waals surface area contributed by atoms with Gasteiger partial charge < -0.3 is 15.7 Å². The van der Waals surface area contributed by atoms with Gasteiger partial charge in [0.15, 0.2) is 0 Å². The van der Waals surface area contributed by atoms with Gasteiger partial charge in [0.2, 0.25) is 0 Å². The molecule has 0 radical (unpaired) electrons. The highest BCUT2D eigenvalue weighted by atomic mass is 16.3. The van der Waals surface area contributed by atoms with E-state index in [2.05, 4.69) is 31.2 Å². The van der Waals surface area contributed by atoms with E-state index in [1.54, 1.807) is 6.20 Å². The zero-order chi connectivity index (χ0) is 20.3. The molecular formula is C23H24N6O. The van der Waals surface area contributed by atoms with E-state index in [1.165, 1.54) is 0 Å². The number of hydrogen-bond acceptors (Lipinski definition) is 6. The molecule has 30 heavy (non-hydrogen) atoms. The third-order valence-corrected chi connectivity index (χ3v) is 5.53. The van der Waals surface area contributed by atoms with Crippen LogP contribution >= 0.6 is 0 Å².